The van der Waals surface area contributed by atoms with Gasteiger partial charge in [-0.05, 0) is 31.6 Å². The standard InChI is InChI=1S/C11H22O/c1-6-10-8(3)9(4)11(5,7-2)12-10/h8-10H,6-7H2,1-5H3/t8?,9?,10-,11?/m1/s1. The van der Waals surface area contributed by atoms with E-state index in [-0.39, 0.29) is 5.60 Å². The zero-order chi connectivity index (χ0) is 9.35. The van der Waals surface area contributed by atoms with Gasteiger partial charge < -0.3 is 4.74 Å². The maximum Gasteiger partial charge on any atom is 0.0684 e. The van der Waals surface area contributed by atoms with Crippen molar-refractivity contribution in [3.05, 3.63) is 0 Å². The summed E-state index contributed by atoms with van der Waals surface area (Å²) in [5, 5.41) is 0. The Hall–Kier alpha value is -0.0400. The quantitative estimate of drug-likeness (QED) is 0.618. The molecule has 1 aliphatic heterocycles. The monoisotopic (exact) mass is 170 g/mol. The molecule has 1 fully saturated rings. The van der Waals surface area contributed by atoms with Crippen molar-refractivity contribution >= 4 is 0 Å². The zero-order valence-corrected chi connectivity index (χ0v) is 9.05. The fourth-order valence-corrected chi connectivity index (χ4v) is 2.30. The van der Waals surface area contributed by atoms with E-state index in [4.69, 9.17) is 4.74 Å². The maximum absolute atomic E-state index is 6.07. The van der Waals surface area contributed by atoms with E-state index in [1.807, 2.05) is 0 Å². The second-order valence-corrected chi connectivity index (χ2v) is 4.38. The first-order valence-electron chi connectivity index (χ1n) is 5.23. The number of hydrogen-bond acceptors (Lipinski definition) is 1. The van der Waals surface area contributed by atoms with E-state index in [9.17, 15) is 0 Å². The number of hydrogen-bond donors (Lipinski definition) is 0. The van der Waals surface area contributed by atoms with Gasteiger partial charge >= 0.3 is 0 Å². The Morgan fingerprint density at radius 2 is 1.83 bits per heavy atom. The third-order valence-electron chi connectivity index (χ3n) is 3.86. The van der Waals surface area contributed by atoms with Crippen LogP contribution < -0.4 is 0 Å². The third kappa shape index (κ3) is 1.39. The molecule has 0 N–H and O–H groups in total. The van der Waals surface area contributed by atoms with Gasteiger partial charge in [-0.3, -0.25) is 0 Å². The molecule has 3 unspecified atom stereocenters. The molecule has 1 saturated heterocycles. The molecule has 0 aliphatic carbocycles. The fourth-order valence-electron chi connectivity index (χ4n) is 2.30. The van der Waals surface area contributed by atoms with Crippen LogP contribution in [0, 0.1) is 11.8 Å². The summed E-state index contributed by atoms with van der Waals surface area (Å²) in [6.45, 7) is 11.3. The second kappa shape index (κ2) is 3.37. The van der Waals surface area contributed by atoms with Crippen LogP contribution in [0.15, 0.2) is 0 Å². The second-order valence-electron chi connectivity index (χ2n) is 4.38. The molecule has 0 saturated carbocycles. The van der Waals surface area contributed by atoms with E-state index >= 15 is 0 Å². The van der Waals surface area contributed by atoms with Crippen LogP contribution in [0.25, 0.3) is 0 Å². The lowest BCUT2D eigenvalue weighted by Crippen LogP contribution is -2.30. The third-order valence-corrected chi connectivity index (χ3v) is 3.86. The molecule has 0 aromatic rings. The van der Waals surface area contributed by atoms with Crippen molar-refractivity contribution in [1.29, 1.82) is 0 Å². The summed E-state index contributed by atoms with van der Waals surface area (Å²) < 4.78 is 6.07. The first kappa shape index (κ1) is 10.0. The van der Waals surface area contributed by atoms with Gasteiger partial charge in [-0.25, -0.2) is 0 Å². The highest BCUT2D eigenvalue weighted by atomic mass is 16.5. The fraction of sp³-hybridized carbons (Fsp3) is 1.00. The van der Waals surface area contributed by atoms with Crippen molar-refractivity contribution in [2.75, 3.05) is 0 Å². The molecule has 1 heteroatoms. The molecular weight excluding hydrogens is 148 g/mol. The molecule has 1 nitrogen and oxygen atoms in total. The minimum Gasteiger partial charge on any atom is -0.372 e. The molecule has 0 aromatic heterocycles. The molecule has 72 valence electrons. The minimum atomic E-state index is 0.139. The summed E-state index contributed by atoms with van der Waals surface area (Å²) >= 11 is 0. The number of ether oxygens (including phenoxy) is 1. The molecule has 12 heavy (non-hydrogen) atoms. The summed E-state index contributed by atoms with van der Waals surface area (Å²) in [6, 6.07) is 0. The molecule has 1 heterocycles. The predicted octanol–water partition coefficient (Wildman–Crippen LogP) is 3.24. The average molecular weight is 170 g/mol. The Bertz CT molecular complexity index is 155. The van der Waals surface area contributed by atoms with Gasteiger partial charge in [0, 0.05) is 0 Å². The lowest BCUT2D eigenvalue weighted by atomic mass is 9.81. The van der Waals surface area contributed by atoms with Crippen molar-refractivity contribution in [2.45, 2.75) is 59.2 Å². The Balaban J connectivity index is 2.72. The van der Waals surface area contributed by atoms with Crippen LogP contribution in [-0.4, -0.2) is 11.7 Å². The Morgan fingerprint density at radius 3 is 2.08 bits per heavy atom. The first-order chi connectivity index (χ1) is 5.55. The lowest BCUT2D eigenvalue weighted by molar-refractivity contribution is -0.0472. The van der Waals surface area contributed by atoms with E-state index in [2.05, 4.69) is 34.6 Å². The van der Waals surface area contributed by atoms with Gasteiger partial charge in [-0.1, -0.05) is 27.7 Å². The van der Waals surface area contributed by atoms with Gasteiger partial charge in [0.05, 0.1) is 11.7 Å². The highest BCUT2D eigenvalue weighted by Crippen LogP contribution is 2.42. The van der Waals surface area contributed by atoms with Crippen LogP contribution in [0.4, 0.5) is 0 Å². The van der Waals surface area contributed by atoms with E-state index in [1.54, 1.807) is 0 Å². The molecule has 0 aromatic carbocycles. The molecule has 0 radical (unpaired) electrons. The largest absolute Gasteiger partial charge is 0.372 e. The van der Waals surface area contributed by atoms with Crippen LogP contribution in [0.5, 0.6) is 0 Å². The highest BCUT2D eigenvalue weighted by Gasteiger charge is 2.45. The molecular formula is C11H22O. The maximum atomic E-state index is 6.07. The minimum absolute atomic E-state index is 0.139. The summed E-state index contributed by atoms with van der Waals surface area (Å²) in [6.07, 6.45) is 2.78. The highest BCUT2D eigenvalue weighted by molar-refractivity contribution is 4.93. The van der Waals surface area contributed by atoms with Gasteiger partial charge in [0.1, 0.15) is 0 Å². The predicted molar refractivity (Wildman–Crippen MR) is 52.2 cm³/mol. The molecule has 0 spiro atoms. The van der Waals surface area contributed by atoms with Crippen LogP contribution in [0.2, 0.25) is 0 Å². The SMILES string of the molecule is CC[C@H]1OC(C)(CC)C(C)C1C. The summed E-state index contributed by atoms with van der Waals surface area (Å²) in [5.74, 6) is 1.42. The van der Waals surface area contributed by atoms with Crippen LogP contribution in [0.3, 0.4) is 0 Å². The number of rotatable bonds is 2. The molecule has 0 amide bonds. The normalized spacial score (nSPS) is 48.2. The van der Waals surface area contributed by atoms with Gasteiger partial charge in [0.15, 0.2) is 0 Å². The van der Waals surface area contributed by atoms with Crippen LogP contribution in [0.1, 0.15) is 47.5 Å². The Labute approximate surface area is 76.5 Å². The zero-order valence-electron chi connectivity index (χ0n) is 9.05. The van der Waals surface area contributed by atoms with E-state index in [0.29, 0.717) is 12.0 Å². The lowest BCUT2D eigenvalue weighted by Gasteiger charge is -2.27. The Kier molecular flexibility index (Phi) is 2.82. The molecule has 4 atom stereocenters. The first-order valence-corrected chi connectivity index (χ1v) is 5.23. The van der Waals surface area contributed by atoms with Gasteiger partial charge in [0.2, 0.25) is 0 Å². The van der Waals surface area contributed by atoms with Gasteiger partial charge in [-0.15, -0.1) is 0 Å². The average Bonchev–Trinajstić information content (AvgIpc) is 2.31. The van der Waals surface area contributed by atoms with Crippen molar-refractivity contribution in [1.82, 2.24) is 0 Å². The van der Waals surface area contributed by atoms with Gasteiger partial charge in [0.25, 0.3) is 0 Å². The Morgan fingerprint density at radius 1 is 1.25 bits per heavy atom. The molecule has 1 aliphatic rings. The summed E-state index contributed by atoms with van der Waals surface area (Å²) in [4.78, 5) is 0. The topological polar surface area (TPSA) is 9.23 Å². The van der Waals surface area contributed by atoms with Crippen molar-refractivity contribution in [2.24, 2.45) is 11.8 Å². The van der Waals surface area contributed by atoms with Crippen molar-refractivity contribution in [3.8, 4) is 0 Å². The van der Waals surface area contributed by atoms with Crippen molar-refractivity contribution in [3.63, 3.8) is 0 Å². The van der Waals surface area contributed by atoms with E-state index in [1.165, 1.54) is 0 Å². The van der Waals surface area contributed by atoms with Crippen molar-refractivity contribution < 1.29 is 4.74 Å². The molecule has 1 rings (SSSR count). The summed E-state index contributed by atoms with van der Waals surface area (Å²) in [5.41, 5.74) is 0.139. The molecule has 0 bridgehead atoms. The van der Waals surface area contributed by atoms with Gasteiger partial charge in [-0.2, -0.15) is 0 Å². The van der Waals surface area contributed by atoms with E-state index in [0.717, 1.165) is 18.8 Å². The van der Waals surface area contributed by atoms with Crippen LogP contribution in [-0.2, 0) is 4.74 Å². The smallest absolute Gasteiger partial charge is 0.0684 e. The summed E-state index contributed by atoms with van der Waals surface area (Å²) in [7, 11) is 0. The van der Waals surface area contributed by atoms with E-state index < -0.39 is 0 Å². The van der Waals surface area contributed by atoms with Crippen LogP contribution >= 0.6 is 0 Å².